The molecule has 0 aliphatic carbocycles. The first-order chi connectivity index (χ1) is 14.8. The van der Waals surface area contributed by atoms with Crippen LogP contribution in [0.5, 0.6) is 0 Å². The molecular weight excluding hydrogens is 410 g/mol. The van der Waals surface area contributed by atoms with Crippen molar-refractivity contribution in [2.45, 2.75) is 31.9 Å². The molecule has 0 saturated carbocycles. The molecule has 1 fully saturated rings. The van der Waals surface area contributed by atoms with Crippen molar-refractivity contribution in [1.29, 1.82) is 0 Å². The standard InChI is InChI=1S/C24H33N3O3S/c1-20-8-6-9-21(18-20)19-31(29,30)27-16-12-22(13-17-27)24(28)25-14-7-15-26(2)23-10-4-3-5-11-23/h3-6,8-11,18,22H,7,12-17,19H2,1-2H3,(H,25,28). The van der Waals surface area contributed by atoms with Crippen molar-refractivity contribution in [3.63, 3.8) is 0 Å². The summed E-state index contributed by atoms with van der Waals surface area (Å²) in [6, 6.07) is 17.8. The van der Waals surface area contributed by atoms with E-state index < -0.39 is 10.0 Å². The van der Waals surface area contributed by atoms with E-state index >= 15 is 0 Å². The molecule has 0 aromatic heterocycles. The van der Waals surface area contributed by atoms with Crippen LogP contribution in [0.2, 0.25) is 0 Å². The van der Waals surface area contributed by atoms with E-state index in [9.17, 15) is 13.2 Å². The molecule has 1 aliphatic rings. The highest BCUT2D eigenvalue weighted by atomic mass is 32.2. The molecule has 7 heteroatoms. The van der Waals surface area contributed by atoms with E-state index in [2.05, 4.69) is 22.3 Å². The van der Waals surface area contributed by atoms with Crippen molar-refractivity contribution in [3.8, 4) is 0 Å². The second-order valence-corrected chi connectivity index (χ2v) is 10.3. The molecule has 3 rings (SSSR count). The Morgan fingerprint density at radius 1 is 1.10 bits per heavy atom. The lowest BCUT2D eigenvalue weighted by Gasteiger charge is -2.30. The van der Waals surface area contributed by atoms with Crippen LogP contribution in [0.1, 0.15) is 30.4 Å². The zero-order chi connectivity index (χ0) is 22.3. The van der Waals surface area contributed by atoms with Crippen LogP contribution in [0.3, 0.4) is 0 Å². The topological polar surface area (TPSA) is 69.7 Å². The third-order valence-corrected chi connectivity index (χ3v) is 7.67. The first-order valence-corrected chi connectivity index (χ1v) is 12.5. The minimum Gasteiger partial charge on any atom is -0.375 e. The highest BCUT2D eigenvalue weighted by molar-refractivity contribution is 7.88. The average molecular weight is 444 g/mol. The van der Waals surface area contributed by atoms with E-state index in [0.29, 0.717) is 32.5 Å². The SMILES string of the molecule is Cc1cccc(CS(=O)(=O)N2CCC(C(=O)NCCCN(C)c3ccccc3)CC2)c1. The first kappa shape index (κ1) is 23.3. The minimum absolute atomic E-state index is 0.0144. The smallest absolute Gasteiger partial charge is 0.223 e. The fourth-order valence-corrected chi connectivity index (χ4v) is 5.53. The van der Waals surface area contributed by atoms with Gasteiger partial charge in [0.15, 0.2) is 0 Å². The third-order valence-electron chi connectivity index (χ3n) is 5.82. The van der Waals surface area contributed by atoms with Gasteiger partial charge in [0, 0.05) is 44.8 Å². The molecule has 2 aromatic carbocycles. The van der Waals surface area contributed by atoms with Gasteiger partial charge in [-0.2, -0.15) is 0 Å². The molecular formula is C24H33N3O3S. The van der Waals surface area contributed by atoms with Crippen molar-refractivity contribution in [1.82, 2.24) is 9.62 Å². The summed E-state index contributed by atoms with van der Waals surface area (Å²) in [5.74, 6) is -0.0594. The van der Waals surface area contributed by atoms with Crippen LogP contribution in [-0.2, 0) is 20.6 Å². The van der Waals surface area contributed by atoms with E-state index in [1.165, 1.54) is 4.31 Å². The largest absolute Gasteiger partial charge is 0.375 e. The van der Waals surface area contributed by atoms with Gasteiger partial charge in [0.05, 0.1) is 5.75 Å². The van der Waals surface area contributed by atoms with Crippen molar-refractivity contribution >= 4 is 21.6 Å². The quantitative estimate of drug-likeness (QED) is 0.605. The van der Waals surface area contributed by atoms with Gasteiger partial charge >= 0.3 is 0 Å². The molecule has 2 aromatic rings. The number of para-hydroxylation sites is 1. The van der Waals surface area contributed by atoms with Crippen LogP contribution in [0, 0.1) is 12.8 Å². The van der Waals surface area contributed by atoms with E-state index in [0.717, 1.165) is 29.8 Å². The highest BCUT2D eigenvalue weighted by Gasteiger charge is 2.31. The lowest BCUT2D eigenvalue weighted by atomic mass is 9.97. The van der Waals surface area contributed by atoms with Crippen molar-refractivity contribution < 1.29 is 13.2 Å². The minimum atomic E-state index is -3.36. The summed E-state index contributed by atoms with van der Waals surface area (Å²) >= 11 is 0. The molecule has 168 valence electrons. The molecule has 1 saturated heterocycles. The van der Waals surface area contributed by atoms with Crippen LogP contribution in [-0.4, -0.2) is 51.9 Å². The summed E-state index contributed by atoms with van der Waals surface area (Å²) in [6.07, 6.45) is 2.01. The maximum atomic E-state index is 12.8. The van der Waals surface area contributed by atoms with Crippen LogP contribution in [0.25, 0.3) is 0 Å². The van der Waals surface area contributed by atoms with Gasteiger partial charge in [-0.05, 0) is 43.9 Å². The number of hydrogen-bond donors (Lipinski definition) is 1. The van der Waals surface area contributed by atoms with Gasteiger partial charge in [-0.3, -0.25) is 4.79 Å². The molecule has 1 aliphatic heterocycles. The van der Waals surface area contributed by atoms with E-state index in [1.54, 1.807) is 0 Å². The van der Waals surface area contributed by atoms with Crippen molar-refractivity contribution in [2.75, 3.05) is 38.1 Å². The molecule has 31 heavy (non-hydrogen) atoms. The predicted molar refractivity (Wildman–Crippen MR) is 125 cm³/mol. The number of nitrogens with zero attached hydrogens (tertiary/aromatic N) is 2. The molecule has 1 N–H and O–H groups in total. The Kier molecular flexibility index (Phi) is 8.09. The van der Waals surface area contributed by atoms with E-state index in [1.807, 2.05) is 56.4 Å². The zero-order valence-corrected chi connectivity index (χ0v) is 19.3. The molecule has 1 amide bonds. The average Bonchev–Trinajstić information content (AvgIpc) is 2.77. The number of rotatable bonds is 9. The van der Waals surface area contributed by atoms with Gasteiger partial charge in [-0.25, -0.2) is 12.7 Å². The molecule has 0 unspecified atom stereocenters. The van der Waals surface area contributed by atoms with Crippen LogP contribution in [0.4, 0.5) is 5.69 Å². The highest BCUT2D eigenvalue weighted by Crippen LogP contribution is 2.22. The normalized spacial score (nSPS) is 15.5. The molecule has 0 atom stereocenters. The van der Waals surface area contributed by atoms with Gasteiger partial charge in [-0.15, -0.1) is 0 Å². The summed E-state index contributed by atoms with van der Waals surface area (Å²) in [4.78, 5) is 14.7. The Bertz CT molecular complexity index is 955. The monoisotopic (exact) mass is 443 g/mol. The van der Waals surface area contributed by atoms with Crippen LogP contribution in [0.15, 0.2) is 54.6 Å². The van der Waals surface area contributed by atoms with Gasteiger partial charge in [-0.1, -0.05) is 48.0 Å². The van der Waals surface area contributed by atoms with E-state index in [4.69, 9.17) is 0 Å². The van der Waals surface area contributed by atoms with E-state index in [-0.39, 0.29) is 17.6 Å². The molecule has 0 spiro atoms. The Labute approximate surface area is 186 Å². The molecule has 0 bridgehead atoms. The Morgan fingerprint density at radius 2 is 1.81 bits per heavy atom. The number of carbonyl (C=O) groups excluding carboxylic acids is 1. The number of benzene rings is 2. The fraction of sp³-hybridized carbons (Fsp3) is 0.458. The second-order valence-electron chi connectivity index (χ2n) is 8.32. The summed E-state index contributed by atoms with van der Waals surface area (Å²) in [7, 11) is -1.32. The van der Waals surface area contributed by atoms with Crippen LogP contribution >= 0.6 is 0 Å². The van der Waals surface area contributed by atoms with Crippen molar-refractivity contribution in [3.05, 3.63) is 65.7 Å². The summed E-state index contributed by atoms with van der Waals surface area (Å²) in [6.45, 7) is 4.26. The lowest BCUT2D eigenvalue weighted by molar-refractivity contribution is -0.126. The number of hydrogen-bond acceptors (Lipinski definition) is 4. The number of amides is 1. The maximum Gasteiger partial charge on any atom is 0.223 e. The Hall–Kier alpha value is -2.38. The van der Waals surface area contributed by atoms with Crippen LogP contribution < -0.4 is 10.2 Å². The molecule has 1 heterocycles. The lowest BCUT2D eigenvalue weighted by Crippen LogP contribution is -2.43. The summed E-state index contributed by atoms with van der Waals surface area (Å²) < 4.78 is 27.0. The van der Waals surface area contributed by atoms with Gasteiger partial charge in [0.25, 0.3) is 0 Å². The fourth-order valence-electron chi connectivity index (χ4n) is 3.98. The predicted octanol–water partition coefficient (Wildman–Crippen LogP) is 3.18. The van der Waals surface area contributed by atoms with Gasteiger partial charge < -0.3 is 10.2 Å². The van der Waals surface area contributed by atoms with Gasteiger partial charge in [0.1, 0.15) is 0 Å². The maximum absolute atomic E-state index is 12.8. The second kappa shape index (κ2) is 10.8. The Morgan fingerprint density at radius 3 is 2.48 bits per heavy atom. The summed E-state index contributed by atoms with van der Waals surface area (Å²) in [5, 5.41) is 3.03. The number of sulfonamides is 1. The van der Waals surface area contributed by atoms with Crippen molar-refractivity contribution in [2.24, 2.45) is 5.92 Å². The molecule has 6 nitrogen and oxygen atoms in total. The Balaban J connectivity index is 1.39. The number of carbonyl (C=O) groups is 1. The number of anilines is 1. The number of nitrogens with one attached hydrogen (secondary N) is 1. The number of piperidine rings is 1. The molecule has 0 radical (unpaired) electrons. The summed E-state index contributed by atoms with van der Waals surface area (Å²) in [5.41, 5.74) is 3.02. The third kappa shape index (κ3) is 6.80. The zero-order valence-electron chi connectivity index (χ0n) is 18.5. The number of aryl methyl sites for hydroxylation is 1. The first-order valence-electron chi connectivity index (χ1n) is 10.9. The van der Waals surface area contributed by atoms with Gasteiger partial charge in [0.2, 0.25) is 15.9 Å².